The van der Waals surface area contributed by atoms with Gasteiger partial charge in [-0.3, -0.25) is 4.99 Å². The van der Waals surface area contributed by atoms with Crippen LogP contribution < -0.4 is 5.32 Å². The van der Waals surface area contributed by atoms with Gasteiger partial charge < -0.3 is 19.7 Å². The summed E-state index contributed by atoms with van der Waals surface area (Å²) in [5.41, 5.74) is 2.95. The van der Waals surface area contributed by atoms with Gasteiger partial charge >= 0.3 is 0 Å². The molecule has 1 spiro atoms. The summed E-state index contributed by atoms with van der Waals surface area (Å²) in [5.74, 6) is 1.51. The van der Waals surface area contributed by atoms with E-state index in [2.05, 4.69) is 46.4 Å². The van der Waals surface area contributed by atoms with E-state index in [1.54, 1.807) is 0 Å². The first kappa shape index (κ1) is 21.8. The Balaban J connectivity index is 0.00000225. The van der Waals surface area contributed by atoms with Crippen molar-refractivity contribution in [2.45, 2.75) is 38.7 Å². The van der Waals surface area contributed by atoms with Crippen molar-refractivity contribution < 1.29 is 9.47 Å². The Labute approximate surface area is 186 Å². The molecule has 3 saturated heterocycles. The molecule has 3 aliphatic heterocycles. The smallest absolute Gasteiger partial charge is 0.193 e. The van der Waals surface area contributed by atoms with E-state index < -0.39 is 0 Å². The van der Waals surface area contributed by atoms with Crippen LogP contribution in [0, 0.1) is 18.3 Å². The molecule has 0 aromatic heterocycles. The molecule has 3 heterocycles. The molecule has 6 heteroatoms. The van der Waals surface area contributed by atoms with Gasteiger partial charge in [0, 0.05) is 51.2 Å². The Hall–Kier alpha value is -0.860. The van der Waals surface area contributed by atoms with E-state index >= 15 is 0 Å². The van der Waals surface area contributed by atoms with Crippen LogP contribution in [0.5, 0.6) is 0 Å². The van der Waals surface area contributed by atoms with Crippen LogP contribution in [0.2, 0.25) is 0 Å². The van der Waals surface area contributed by atoms with Gasteiger partial charge in [-0.05, 0) is 38.2 Å². The minimum atomic E-state index is 0. The number of halogens is 1. The fraction of sp³-hybridized carbons (Fsp3) is 0.682. The first-order valence-electron chi connectivity index (χ1n) is 10.4. The average molecular weight is 499 g/mol. The first-order chi connectivity index (χ1) is 13.2. The maximum Gasteiger partial charge on any atom is 0.193 e. The van der Waals surface area contributed by atoms with E-state index in [0.717, 1.165) is 51.8 Å². The van der Waals surface area contributed by atoms with Gasteiger partial charge in [-0.15, -0.1) is 24.0 Å². The standard InChI is InChI=1S/C22H33N3O2.HI/c1-17-5-7-18(8-6-17)20-19(4-3-12-27-20)14-24-21(23-2)25-11-9-22(15-25)10-13-26-16-22;/h5-8,19-20H,3-4,9-16H2,1-2H3,(H,23,24);1H. The summed E-state index contributed by atoms with van der Waals surface area (Å²) in [6.45, 7) is 7.86. The van der Waals surface area contributed by atoms with E-state index in [4.69, 9.17) is 9.47 Å². The summed E-state index contributed by atoms with van der Waals surface area (Å²) in [4.78, 5) is 6.98. The number of hydrogen-bond donors (Lipinski definition) is 1. The molecule has 1 aromatic rings. The highest BCUT2D eigenvalue weighted by molar-refractivity contribution is 14.0. The maximum absolute atomic E-state index is 6.17. The number of benzene rings is 1. The lowest BCUT2D eigenvalue weighted by Crippen LogP contribution is -2.44. The van der Waals surface area contributed by atoms with Gasteiger partial charge in [-0.2, -0.15) is 0 Å². The van der Waals surface area contributed by atoms with Crippen LogP contribution in [0.15, 0.2) is 29.3 Å². The highest BCUT2D eigenvalue weighted by Crippen LogP contribution is 2.38. The molecule has 3 fully saturated rings. The topological polar surface area (TPSA) is 46.1 Å². The number of rotatable bonds is 3. The number of nitrogens with one attached hydrogen (secondary N) is 1. The molecule has 0 saturated carbocycles. The maximum atomic E-state index is 6.17. The lowest BCUT2D eigenvalue weighted by Gasteiger charge is -2.33. The summed E-state index contributed by atoms with van der Waals surface area (Å²) >= 11 is 0. The van der Waals surface area contributed by atoms with Crippen molar-refractivity contribution in [1.82, 2.24) is 10.2 Å². The molecule has 5 nitrogen and oxygen atoms in total. The van der Waals surface area contributed by atoms with Crippen LogP contribution in [-0.4, -0.2) is 57.4 Å². The zero-order valence-electron chi connectivity index (χ0n) is 17.2. The summed E-state index contributed by atoms with van der Waals surface area (Å²) in [5, 5.41) is 3.65. The molecular weight excluding hydrogens is 465 g/mol. The molecule has 0 amide bonds. The van der Waals surface area contributed by atoms with E-state index in [9.17, 15) is 0 Å². The van der Waals surface area contributed by atoms with Crippen LogP contribution in [0.1, 0.15) is 42.9 Å². The summed E-state index contributed by atoms with van der Waals surface area (Å²) < 4.78 is 11.8. The molecular formula is C22H34IN3O2. The van der Waals surface area contributed by atoms with Gasteiger partial charge in [0.2, 0.25) is 0 Å². The fourth-order valence-corrected chi connectivity index (χ4v) is 4.82. The van der Waals surface area contributed by atoms with Crippen LogP contribution in [0.25, 0.3) is 0 Å². The second-order valence-electron chi connectivity index (χ2n) is 8.51. The molecule has 3 aliphatic rings. The van der Waals surface area contributed by atoms with Gasteiger partial charge in [0.05, 0.1) is 12.7 Å². The number of hydrogen-bond acceptors (Lipinski definition) is 3. The van der Waals surface area contributed by atoms with Gasteiger partial charge in [0.15, 0.2) is 5.96 Å². The summed E-state index contributed by atoms with van der Waals surface area (Å²) in [6.07, 6.45) is 4.91. The predicted molar refractivity (Wildman–Crippen MR) is 123 cm³/mol. The Bertz CT molecular complexity index is 658. The molecule has 156 valence electrons. The molecule has 1 aromatic carbocycles. The van der Waals surface area contributed by atoms with E-state index in [1.165, 1.54) is 30.4 Å². The van der Waals surface area contributed by atoms with E-state index in [0.29, 0.717) is 11.3 Å². The Morgan fingerprint density at radius 3 is 2.79 bits per heavy atom. The molecule has 0 bridgehead atoms. The van der Waals surface area contributed by atoms with Gasteiger partial charge in [0.1, 0.15) is 0 Å². The molecule has 0 radical (unpaired) electrons. The molecule has 3 unspecified atom stereocenters. The molecule has 0 aliphatic carbocycles. The lowest BCUT2D eigenvalue weighted by molar-refractivity contribution is -0.0266. The zero-order valence-corrected chi connectivity index (χ0v) is 19.5. The number of ether oxygens (including phenoxy) is 2. The van der Waals surface area contributed by atoms with Crippen molar-refractivity contribution >= 4 is 29.9 Å². The van der Waals surface area contributed by atoms with Crippen molar-refractivity contribution in [3.8, 4) is 0 Å². The fourth-order valence-electron chi connectivity index (χ4n) is 4.82. The molecule has 4 rings (SSSR count). The normalized spacial score (nSPS) is 30.5. The quantitative estimate of drug-likeness (QED) is 0.391. The molecule has 3 atom stereocenters. The Morgan fingerprint density at radius 2 is 2.07 bits per heavy atom. The summed E-state index contributed by atoms with van der Waals surface area (Å²) in [6, 6.07) is 8.81. The second kappa shape index (κ2) is 9.76. The third-order valence-corrected chi connectivity index (χ3v) is 6.51. The second-order valence-corrected chi connectivity index (χ2v) is 8.51. The number of nitrogens with zero attached hydrogens (tertiary/aromatic N) is 2. The van der Waals surface area contributed by atoms with Crippen LogP contribution >= 0.6 is 24.0 Å². The monoisotopic (exact) mass is 499 g/mol. The van der Waals surface area contributed by atoms with Gasteiger partial charge in [-0.25, -0.2) is 0 Å². The van der Waals surface area contributed by atoms with E-state index in [-0.39, 0.29) is 30.1 Å². The minimum Gasteiger partial charge on any atom is -0.381 e. The van der Waals surface area contributed by atoms with Gasteiger partial charge in [-0.1, -0.05) is 29.8 Å². The van der Waals surface area contributed by atoms with Crippen LogP contribution in [-0.2, 0) is 9.47 Å². The summed E-state index contributed by atoms with van der Waals surface area (Å²) in [7, 11) is 1.90. The third-order valence-electron chi connectivity index (χ3n) is 6.51. The highest BCUT2D eigenvalue weighted by Gasteiger charge is 2.42. The van der Waals surface area contributed by atoms with Crippen molar-refractivity contribution in [2.75, 3.05) is 46.5 Å². The number of aliphatic imine (C=N–C) groups is 1. The average Bonchev–Trinajstić information content (AvgIpc) is 3.33. The van der Waals surface area contributed by atoms with Crippen LogP contribution in [0.4, 0.5) is 0 Å². The SMILES string of the molecule is CN=C(NCC1CCCOC1c1ccc(C)cc1)N1CCC2(CCOC2)C1.I. The van der Waals surface area contributed by atoms with Crippen molar-refractivity contribution in [3.63, 3.8) is 0 Å². The van der Waals surface area contributed by atoms with Gasteiger partial charge in [0.25, 0.3) is 0 Å². The lowest BCUT2D eigenvalue weighted by atomic mass is 9.87. The Morgan fingerprint density at radius 1 is 1.25 bits per heavy atom. The van der Waals surface area contributed by atoms with Crippen molar-refractivity contribution in [2.24, 2.45) is 16.3 Å². The molecule has 1 N–H and O–H groups in total. The first-order valence-corrected chi connectivity index (χ1v) is 10.4. The van der Waals surface area contributed by atoms with Crippen molar-refractivity contribution in [1.29, 1.82) is 0 Å². The largest absolute Gasteiger partial charge is 0.381 e. The van der Waals surface area contributed by atoms with Crippen molar-refractivity contribution in [3.05, 3.63) is 35.4 Å². The predicted octanol–water partition coefficient (Wildman–Crippen LogP) is 3.77. The van der Waals surface area contributed by atoms with Crippen LogP contribution in [0.3, 0.4) is 0 Å². The Kier molecular flexibility index (Phi) is 7.61. The zero-order chi connectivity index (χ0) is 18.7. The highest BCUT2D eigenvalue weighted by atomic mass is 127. The number of likely N-dealkylation sites (tertiary alicyclic amines) is 1. The number of guanidine groups is 1. The van der Waals surface area contributed by atoms with E-state index in [1.807, 2.05) is 7.05 Å². The minimum absolute atomic E-state index is 0. The molecule has 28 heavy (non-hydrogen) atoms. The third kappa shape index (κ3) is 4.82. The number of aryl methyl sites for hydroxylation is 1.